The highest BCUT2D eigenvalue weighted by Crippen LogP contribution is 2.39. The molecule has 0 spiro atoms. The molecule has 0 radical (unpaired) electrons. The molecule has 190 valence electrons. The van der Waals surface area contributed by atoms with Gasteiger partial charge in [0.1, 0.15) is 18.3 Å². The predicted octanol–water partition coefficient (Wildman–Crippen LogP) is 1.16. The summed E-state index contributed by atoms with van der Waals surface area (Å²) in [5, 5.41) is 39.4. The van der Waals surface area contributed by atoms with Crippen LogP contribution in [0.1, 0.15) is 11.1 Å². The summed E-state index contributed by atoms with van der Waals surface area (Å²) in [6.07, 6.45) is -5.11. The normalized spacial score (nSPS) is 24.1. The number of methoxy groups -OCH3 is 4. The Balaban J connectivity index is 1.88. The molecule has 1 fully saturated rings. The van der Waals surface area contributed by atoms with Gasteiger partial charge in [0.25, 0.3) is 0 Å². The van der Waals surface area contributed by atoms with Crippen LogP contribution in [0.25, 0.3) is 12.2 Å². The molecule has 2 aromatic carbocycles. The number of carboxylic acid groups (broad SMARTS) is 1. The minimum atomic E-state index is -1.82. The van der Waals surface area contributed by atoms with Gasteiger partial charge in [-0.15, -0.1) is 0 Å². The van der Waals surface area contributed by atoms with E-state index in [0.29, 0.717) is 22.8 Å². The van der Waals surface area contributed by atoms with Gasteiger partial charge in [0.15, 0.2) is 29.1 Å². The third-order valence-electron chi connectivity index (χ3n) is 5.40. The zero-order valence-corrected chi connectivity index (χ0v) is 19.6. The van der Waals surface area contributed by atoms with Gasteiger partial charge in [0, 0.05) is 0 Å². The molecule has 0 bridgehead atoms. The van der Waals surface area contributed by atoms with E-state index in [1.54, 1.807) is 42.5 Å². The molecule has 3 rings (SSSR count). The lowest BCUT2D eigenvalue weighted by Crippen LogP contribution is -2.61. The Kier molecular flexibility index (Phi) is 8.41. The van der Waals surface area contributed by atoms with Crippen LogP contribution in [-0.4, -0.2) is 85.5 Å². The zero-order chi connectivity index (χ0) is 25.7. The first kappa shape index (κ1) is 26.1. The van der Waals surface area contributed by atoms with E-state index >= 15 is 0 Å². The molecule has 35 heavy (non-hydrogen) atoms. The van der Waals surface area contributed by atoms with Gasteiger partial charge in [-0.2, -0.15) is 0 Å². The minimum Gasteiger partial charge on any atom is -0.493 e. The molecule has 11 nitrogen and oxygen atoms in total. The zero-order valence-electron chi connectivity index (χ0n) is 19.6. The van der Waals surface area contributed by atoms with E-state index in [4.69, 9.17) is 28.4 Å². The molecule has 0 saturated carbocycles. The molecular weight excluding hydrogens is 464 g/mol. The van der Waals surface area contributed by atoms with Gasteiger partial charge in [-0.3, -0.25) is 0 Å². The van der Waals surface area contributed by atoms with Crippen molar-refractivity contribution < 1.29 is 53.6 Å². The van der Waals surface area contributed by atoms with Crippen LogP contribution >= 0.6 is 0 Å². The Labute approximate surface area is 201 Å². The van der Waals surface area contributed by atoms with Crippen LogP contribution in [-0.2, 0) is 9.53 Å². The number of benzene rings is 2. The lowest BCUT2D eigenvalue weighted by Gasteiger charge is -2.38. The molecule has 11 heteroatoms. The summed E-state index contributed by atoms with van der Waals surface area (Å²) in [6, 6.07) is 8.47. The number of rotatable bonds is 9. The first-order valence-corrected chi connectivity index (χ1v) is 10.5. The molecule has 1 aliphatic rings. The van der Waals surface area contributed by atoms with Crippen LogP contribution in [0, 0.1) is 0 Å². The number of hydrogen-bond donors (Lipinski definition) is 4. The van der Waals surface area contributed by atoms with Gasteiger partial charge in [0.05, 0.1) is 28.4 Å². The third kappa shape index (κ3) is 5.60. The summed E-state index contributed by atoms with van der Waals surface area (Å²) in [6.45, 7) is 0. The number of carboxylic acids is 1. The van der Waals surface area contributed by atoms with Gasteiger partial charge in [-0.25, -0.2) is 4.79 Å². The standard InChI is InChI=1S/C24H28O11/c1-30-14-8-7-12(5-6-13-10-16(31-2)21(33-4)17(11-13)32-3)9-15(14)34-24-20(27)18(25)19(26)22(35-24)23(28)29/h5-11,18-20,22,24-27H,1-4H3,(H,28,29)/b6-5-/t18-,19-,20+,22-,24+/m0/s1. The first-order valence-electron chi connectivity index (χ1n) is 10.5. The Hall–Kier alpha value is -3.51. The second kappa shape index (κ2) is 11.3. The summed E-state index contributed by atoms with van der Waals surface area (Å²) < 4.78 is 32.2. The molecular formula is C24H28O11. The minimum absolute atomic E-state index is 0.122. The Morgan fingerprint density at radius 1 is 0.771 bits per heavy atom. The van der Waals surface area contributed by atoms with E-state index in [2.05, 4.69) is 0 Å². The lowest BCUT2D eigenvalue weighted by atomic mass is 9.99. The highest BCUT2D eigenvalue weighted by atomic mass is 16.7. The van der Waals surface area contributed by atoms with Gasteiger partial charge in [-0.05, 0) is 35.4 Å². The fourth-order valence-electron chi connectivity index (χ4n) is 3.55. The maximum atomic E-state index is 11.4. The van der Waals surface area contributed by atoms with Gasteiger partial charge in [0.2, 0.25) is 12.0 Å². The molecule has 0 aliphatic carbocycles. The van der Waals surface area contributed by atoms with Crippen LogP contribution in [0.5, 0.6) is 28.7 Å². The molecule has 1 heterocycles. The largest absolute Gasteiger partial charge is 0.493 e. The average Bonchev–Trinajstić information content (AvgIpc) is 2.86. The summed E-state index contributed by atoms with van der Waals surface area (Å²) in [4.78, 5) is 11.4. The van der Waals surface area contributed by atoms with Crippen molar-refractivity contribution in [3.05, 3.63) is 41.5 Å². The van der Waals surface area contributed by atoms with Crippen molar-refractivity contribution in [2.24, 2.45) is 0 Å². The molecule has 0 unspecified atom stereocenters. The SMILES string of the molecule is COc1ccc(/C=C\c2cc(OC)c(OC)c(OC)c2)cc1O[C@@H]1O[C@H](C(=O)O)[C@@H](O)[C@H](O)[C@H]1O. The monoisotopic (exact) mass is 492 g/mol. The predicted molar refractivity (Wildman–Crippen MR) is 123 cm³/mol. The highest BCUT2D eigenvalue weighted by molar-refractivity contribution is 5.74. The molecule has 2 aromatic rings. The van der Waals surface area contributed by atoms with Crippen LogP contribution in [0.3, 0.4) is 0 Å². The fourth-order valence-corrected chi connectivity index (χ4v) is 3.55. The summed E-state index contributed by atoms with van der Waals surface area (Å²) in [5.41, 5.74) is 1.42. The fraction of sp³-hybridized carbons (Fsp3) is 0.375. The van der Waals surface area contributed by atoms with Crippen molar-refractivity contribution in [1.29, 1.82) is 0 Å². The van der Waals surface area contributed by atoms with Crippen LogP contribution in [0.2, 0.25) is 0 Å². The number of aliphatic hydroxyl groups is 3. The number of aliphatic carboxylic acids is 1. The van der Waals surface area contributed by atoms with Crippen molar-refractivity contribution in [2.45, 2.75) is 30.7 Å². The Morgan fingerprint density at radius 2 is 1.34 bits per heavy atom. The summed E-state index contributed by atoms with van der Waals surface area (Å²) in [5.74, 6) is 0.329. The van der Waals surface area contributed by atoms with Crippen LogP contribution in [0.4, 0.5) is 0 Å². The molecule has 0 amide bonds. The third-order valence-corrected chi connectivity index (χ3v) is 5.40. The van der Waals surface area contributed by atoms with Gasteiger partial charge >= 0.3 is 5.97 Å². The maximum absolute atomic E-state index is 11.4. The number of ether oxygens (including phenoxy) is 6. The van der Waals surface area contributed by atoms with Crippen LogP contribution < -0.4 is 23.7 Å². The first-order chi connectivity index (χ1) is 16.7. The van der Waals surface area contributed by atoms with Crippen molar-refractivity contribution in [3.63, 3.8) is 0 Å². The smallest absolute Gasteiger partial charge is 0.335 e. The van der Waals surface area contributed by atoms with Crippen molar-refractivity contribution >= 4 is 18.1 Å². The summed E-state index contributed by atoms with van der Waals surface area (Å²) >= 11 is 0. The second-order valence-corrected chi connectivity index (χ2v) is 7.56. The number of aliphatic hydroxyl groups excluding tert-OH is 3. The van der Waals surface area contributed by atoms with Crippen molar-refractivity contribution in [1.82, 2.24) is 0 Å². The van der Waals surface area contributed by atoms with E-state index in [-0.39, 0.29) is 11.5 Å². The Bertz CT molecular complexity index is 1040. The van der Waals surface area contributed by atoms with Crippen molar-refractivity contribution in [2.75, 3.05) is 28.4 Å². The molecule has 0 aromatic heterocycles. The average molecular weight is 492 g/mol. The quantitative estimate of drug-likeness (QED) is 0.373. The molecule has 1 aliphatic heterocycles. The van der Waals surface area contributed by atoms with E-state index in [9.17, 15) is 25.2 Å². The molecule has 4 N–H and O–H groups in total. The Morgan fingerprint density at radius 3 is 1.89 bits per heavy atom. The van der Waals surface area contributed by atoms with Crippen LogP contribution in [0.15, 0.2) is 30.3 Å². The topological polar surface area (TPSA) is 153 Å². The highest BCUT2D eigenvalue weighted by Gasteiger charge is 2.48. The van der Waals surface area contributed by atoms with E-state index < -0.39 is 36.7 Å². The summed E-state index contributed by atoms with van der Waals surface area (Å²) in [7, 11) is 5.96. The van der Waals surface area contributed by atoms with Gasteiger partial charge < -0.3 is 48.8 Å². The van der Waals surface area contributed by atoms with E-state index in [0.717, 1.165) is 5.56 Å². The van der Waals surface area contributed by atoms with Gasteiger partial charge in [-0.1, -0.05) is 18.2 Å². The number of hydrogen-bond acceptors (Lipinski definition) is 10. The van der Waals surface area contributed by atoms with Crippen molar-refractivity contribution in [3.8, 4) is 28.7 Å². The molecule has 1 saturated heterocycles. The lowest BCUT2D eigenvalue weighted by molar-refractivity contribution is -0.271. The number of carbonyl (C=O) groups is 1. The van der Waals surface area contributed by atoms with E-state index in [1.165, 1.54) is 28.4 Å². The second-order valence-electron chi connectivity index (χ2n) is 7.56. The van der Waals surface area contributed by atoms with E-state index in [1.807, 2.05) is 0 Å². The molecule has 5 atom stereocenters. The maximum Gasteiger partial charge on any atom is 0.335 e.